The molecule has 1 fully saturated rings. The van der Waals surface area contributed by atoms with Gasteiger partial charge in [0.2, 0.25) is 5.91 Å². The summed E-state index contributed by atoms with van der Waals surface area (Å²) in [5, 5.41) is 0. The van der Waals surface area contributed by atoms with Gasteiger partial charge in [-0.25, -0.2) is 9.37 Å². The first-order valence-electron chi connectivity index (χ1n) is 12.6. The standard InChI is InChI=1S/C29H35FN4O3/c1-5-32(13-14-36-3)25-10-9-24(26(30)17-25)19-33-12-6-7-23(29(33)35)15-22-8-11-27(28(16-22)37-4)34-18-21(2)31-20-34/h8-11,15-18,20H,5-7,12-14,19H2,1-4H3/b23-15+. The molecule has 37 heavy (non-hydrogen) atoms. The Labute approximate surface area is 218 Å². The fraction of sp³-hybridized carbons (Fsp3) is 0.379. The Hall–Kier alpha value is -3.65. The number of hydrogen-bond donors (Lipinski definition) is 0. The molecule has 0 radical (unpaired) electrons. The highest BCUT2D eigenvalue weighted by molar-refractivity contribution is 5.98. The number of carbonyl (C=O) groups is 1. The molecular weight excluding hydrogens is 471 g/mol. The lowest BCUT2D eigenvalue weighted by atomic mass is 9.99. The number of carbonyl (C=O) groups excluding carboxylic acids is 1. The van der Waals surface area contributed by atoms with Crippen molar-refractivity contribution in [2.75, 3.05) is 45.4 Å². The van der Waals surface area contributed by atoms with Crippen molar-refractivity contribution < 1.29 is 18.7 Å². The van der Waals surface area contributed by atoms with E-state index in [2.05, 4.69) is 9.88 Å². The first kappa shape index (κ1) is 26.4. The second kappa shape index (κ2) is 12.1. The Morgan fingerprint density at radius 2 is 2.03 bits per heavy atom. The minimum Gasteiger partial charge on any atom is -0.495 e. The average Bonchev–Trinajstić information content (AvgIpc) is 3.34. The summed E-state index contributed by atoms with van der Waals surface area (Å²) >= 11 is 0. The van der Waals surface area contributed by atoms with Crippen LogP contribution in [-0.2, 0) is 16.1 Å². The van der Waals surface area contributed by atoms with Gasteiger partial charge < -0.3 is 23.8 Å². The normalized spacial score (nSPS) is 14.9. The van der Waals surface area contributed by atoms with E-state index < -0.39 is 0 Å². The van der Waals surface area contributed by atoms with E-state index in [1.807, 2.05) is 55.0 Å². The van der Waals surface area contributed by atoms with Crippen LogP contribution in [-0.4, -0.2) is 60.8 Å². The van der Waals surface area contributed by atoms with Crippen molar-refractivity contribution in [1.29, 1.82) is 0 Å². The number of rotatable bonds is 10. The first-order chi connectivity index (χ1) is 17.9. The van der Waals surface area contributed by atoms with E-state index in [4.69, 9.17) is 9.47 Å². The maximum Gasteiger partial charge on any atom is 0.250 e. The zero-order valence-electron chi connectivity index (χ0n) is 22.0. The maximum atomic E-state index is 15.0. The second-order valence-electron chi connectivity index (χ2n) is 9.20. The quantitative estimate of drug-likeness (QED) is 0.362. The van der Waals surface area contributed by atoms with Crippen LogP contribution in [0.3, 0.4) is 0 Å². The molecule has 1 aromatic heterocycles. The molecule has 1 aliphatic heterocycles. The molecule has 3 aromatic rings. The number of hydrogen-bond acceptors (Lipinski definition) is 5. The number of ether oxygens (including phenoxy) is 2. The van der Waals surface area contributed by atoms with E-state index in [9.17, 15) is 4.79 Å². The van der Waals surface area contributed by atoms with Gasteiger partial charge in [0.25, 0.3) is 0 Å². The van der Waals surface area contributed by atoms with Crippen molar-refractivity contribution in [2.45, 2.75) is 33.2 Å². The molecule has 0 bridgehead atoms. The number of imidazole rings is 1. The third-order valence-electron chi connectivity index (χ3n) is 6.68. The molecule has 0 aliphatic carbocycles. The average molecular weight is 507 g/mol. The lowest BCUT2D eigenvalue weighted by molar-refractivity contribution is -0.129. The number of anilines is 1. The number of aromatic nitrogens is 2. The molecule has 7 nitrogen and oxygen atoms in total. The van der Waals surface area contributed by atoms with E-state index >= 15 is 4.39 Å². The first-order valence-corrected chi connectivity index (χ1v) is 12.6. The van der Waals surface area contributed by atoms with Crippen LogP contribution in [0.4, 0.5) is 10.1 Å². The topological polar surface area (TPSA) is 59.8 Å². The van der Waals surface area contributed by atoms with Crippen molar-refractivity contribution in [1.82, 2.24) is 14.5 Å². The van der Waals surface area contributed by atoms with E-state index in [0.717, 1.165) is 35.6 Å². The number of halogens is 1. The molecule has 2 aromatic carbocycles. The highest BCUT2D eigenvalue weighted by Gasteiger charge is 2.24. The molecule has 0 spiro atoms. The fourth-order valence-corrected chi connectivity index (χ4v) is 4.65. The number of likely N-dealkylation sites (N-methyl/N-ethyl adjacent to an activating group) is 1. The van der Waals surface area contributed by atoms with Gasteiger partial charge in [0.1, 0.15) is 11.6 Å². The molecule has 196 valence electrons. The van der Waals surface area contributed by atoms with Crippen molar-refractivity contribution in [3.8, 4) is 11.4 Å². The van der Waals surface area contributed by atoms with Crippen molar-refractivity contribution >= 4 is 17.7 Å². The molecule has 0 N–H and O–H groups in total. The summed E-state index contributed by atoms with van der Waals surface area (Å²) in [5.74, 6) is 0.339. The van der Waals surface area contributed by atoms with E-state index in [-0.39, 0.29) is 18.3 Å². The lowest BCUT2D eigenvalue weighted by Crippen LogP contribution is -2.36. The van der Waals surface area contributed by atoms with Gasteiger partial charge in [-0.05, 0) is 62.6 Å². The predicted octanol–water partition coefficient (Wildman–Crippen LogP) is 5.01. The third kappa shape index (κ3) is 6.20. The number of likely N-dealkylation sites (tertiary alicyclic amines) is 1. The Morgan fingerprint density at radius 3 is 2.70 bits per heavy atom. The van der Waals surface area contributed by atoms with Gasteiger partial charge >= 0.3 is 0 Å². The number of piperidine rings is 1. The van der Waals surface area contributed by atoms with Crippen LogP contribution in [0.1, 0.15) is 36.6 Å². The molecule has 1 aliphatic rings. The molecule has 0 unspecified atom stereocenters. The van der Waals surface area contributed by atoms with Crippen molar-refractivity contribution in [3.63, 3.8) is 0 Å². The fourth-order valence-electron chi connectivity index (χ4n) is 4.65. The molecule has 2 heterocycles. The Balaban J connectivity index is 1.50. The largest absolute Gasteiger partial charge is 0.495 e. The summed E-state index contributed by atoms with van der Waals surface area (Å²) in [6.07, 6.45) is 7.12. The van der Waals surface area contributed by atoms with Crippen LogP contribution in [0, 0.1) is 12.7 Å². The Kier molecular flexibility index (Phi) is 8.61. The van der Waals surface area contributed by atoms with Gasteiger partial charge in [-0.3, -0.25) is 4.79 Å². The van der Waals surface area contributed by atoms with Crippen LogP contribution in [0.5, 0.6) is 5.75 Å². The number of benzene rings is 2. The second-order valence-corrected chi connectivity index (χ2v) is 9.20. The molecule has 4 rings (SSSR count). The van der Waals surface area contributed by atoms with Gasteiger partial charge in [-0.15, -0.1) is 0 Å². The van der Waals surface area contributed by atoms with E-state index in [0.29, 0.717) is 43.0 Å². The minimum absolute atomic E-state index is 0.0571. The van der Waals surface area contributed by atoms with Gasteiger partial charge in [-0.2, -0.15) is 0 Å². The number of aryl methyl sites for hydroxylation is 1. The molecular formula is C29H35FN4O3. The zero-order valence-corrected chi connectivity index (χ0v) is 22.0. The maximum absolute atomic E-state index is 15.0. The summed E-state index contributed by atoms with van der Waals surface area (Å²) in [6.45, 7) is 6.84. The molecule has 0 saturated carbocycles. The predicted molar refractivity (Wildman–Crippen MR) is 144 cm³/mol. The SMILES string of the molecule is CCN(CCOC)c1ccc(CN2CCC/C(=C\c3ccc(-n4cnc(C)c4)c(OC)c3)C2=O)c(F)c1. The van der Waals surface area contributed by atoms with E-state index in [1.165, 1.54) is 0 Å². The molecule has 1 amide bonds. The van der Waals surface area contributed by atoms with E-state index in [1.54, 1.807) is 37.6 Å². The molecule has 0 atom stereocenters. The van der Waals surface area contributed by atoms with Gasteiger partial charge in [-0.1, -0.05) is 12.1 Å². The molecule has 1 saturated heterocycles. The lowest BCUT2D eigenvalue weighted by Gasteiger charge is -2.29. The number of methoxy groups -OCH3 is 2. The highest BCUT2D eigenvalue weighted by atomic mass is 19.1. The van der Waals surface area contributed by atoms with Crippen LogP contribution in [0.15, 0.2) is 54.5 Å². The summed E-state index contributed by atoms with van der Waals surface area (Å²) in [7, 11) is 3.29. The van der Waals surface area contributed by atoms with Gasteiger partial charge in [0.15, 0.2) is 0 Å². The van der Waals surface area contributed by atoms with Crippen molar-refractivity contribution in [3.05, 3.63) is 77.1 Å². The van der Waals surface area contributed by atoms with Crippen LogP contribution in [0.25, 0.3) is 11.8 Å². The molecule has 8 heteroatoms. The smallest absolute Gasteiger partial charge is 0.250 e. The summed E-state index contributed by atoms with van der Waals surface area (Å²) in [6, 6.07) is 11.1. The van der Waals surface area contributed by atoms with Crippen LogP contribution in [0.2, 0.25) is 0 Å². The highest BCUT2D eigenvalue weighted by Crippen LogP contribution is 2.28. The number of amides is 1. The van der Waals surface area contributed by atoms with Gasteiger partial charge in [0, 0.05) is 56.3 Å². The summed E-state index contributed by atoms with van der Waals surface area (Å²) in [5.41, 5.74) is 4.73. The minimum atomic E-state index is -0.299. The zero-order chi connectivity index (χ0) is 26.4. The van der Waals surface area contributed by atoms with Gasteiger partial charge in [0.05, 0.1) is 31.4 Å². The third-order valence-corrected chi connectivity index (χ3v) is 6.68. The Bertz CT molecular complexity index is 1270. The Morgan fingerprint density at radius 1 is 1.19 bits per heavy atom. The van der Waals surface area contributed by atoms with Crippen LogP contribution >= 0.6 is 0 Å². The van der Waals surface area contributed by atoms with Crippen LogP contribution < -0.4 is 9.64 Å². The van der Waals surface area contributed by atoms with Crippen molar-refractivity contribution in [2.24, 2.45) is 0 Å². The summed E-state index contributed by atoms with van der Waals surface area (Å²) in [4.78, 5) is 21.4. The summed E-state index contributed by atoms with van der Waals surface area (Å²) < 4.78 is 27.7. The monoisotopic (exact) mass is 506 g/mol. The number of nitrogens with zero attached hydrogens (tertiary/aromatic N) is 4.